The Kier molecular flexibility index (Phi) is 2.44. The van der Waals surface area contributed by atoms with E-state index in [9.17, 15) is 4.79 Å². The van der Waals surface area contributed by atoms with Crippen molar-refractivity contribution >= 4 is 5.97 Å². The number of allylic oxidation sites excluding steroid dienone is 1. The molecule has 0 aromatic rings. The van der Waals surface area contributed by atoms with Crippen LogP contribution in [0.25, 0.3) is 0 Å². The minimum absolute atomic E-state index is 0.0318. The quantitative estimate of drug-likeness (QED) is 0.605. The van der Waals surface area contributed by atoms with Gasteiger partial charge in [0, 0.05) is 6.08 Å². The molecule has 0 radical (unpaired) electrons. The van der Waals surface area contributed by atoms with E-state index in [1.807, 2.05) is 6.08 Å². The molecule has 2 saturated carbocycles. The Balaban J connectivity index is 1.81. The summed E-state index contributed by atoms with van der Waals surface area (Å²) in [6.07, 6.45) is 10.1. The molecule has 3 fully saturated rings. The van der Waals surface area contributed by atoms with E-state index in [-0.39, 0.29) is 11.2 Å². The smallest absolute Gasteiger partial charge is 0.327 e. The van der Waals surface area contributed by atoms with E-state index in [4.69, 9.17) is 9.84 Å². The first-order valence-corrected chi connectivity index (χ1v) is 7.02. The lowest BCUT2D eigenvalue weighted by Crippen LogP contribution is -2.48. The molecule has 4 unspecified atom stereocenters. The topological polar surface area (TPSA) is 49.8 Å². The number of rotatable bonds is 2. The van der Waals surface area contributed by atoms with Gasteiger partial charge in [0.05, 0.1) is 5.60 Å². The molecule has 1 aliphatic heterocycles. The number of carboxylic acid groups (broad SMARTS) is 1. The zero-order chi connectivity index (χ0) is 13.0. The van der Waals surface area contributed by atoms with Crippen LogP contribution < -0.4 is 0 Å². The molecule has 3 rings (SSSR count). The highest BCUT2D eigenvalue weighted by molar-refractivity contribution is 5.79. The average Bonchev–Trinajstić information content (AvgIpc) is 2.90. The van der Waals surface area contributed by atoms with Gasteiger partial charge < -0.3 is 9.84 Å². The number of epoxide rings is 1. The highest BCUT2D eigenvalue weighted by Gasteiger charge is 2.76. The molecule has 1 heterocycles. The lowest BCUT2D eigenvalue weighted by atomic mass is 9.55. The third-order valence-electron chi connectivity index (χ3n) is 5.70. The van der Waals surface area contributed by atoms with Gasteiger partial charge in [0.25, 0.3) is 0 Å². The van der Waals surface area contributed by atoms with E-state index >= 15 is 0 Å². The number of hydrogen-bond donors (Lipinski definition) is 1. The van der Waals surface area contributed by atoms with Crippen molar-refractivity contribution < 1.29 is 14.6 Å². The van der Waals surface area contributed by atoms with E-state index in [1.165, 1.54) is 18.9 Å². The molecule has 3 heteroatoms. The van der Waals surface area contributed by atoms with Crippen LogP contribution in [0.4, 0.5) is 0 Å². The van der Waals surface area contributed by atoms with Gasteiger partial charge in [-0.05, 0) is 56.8 Å². The second-order valence-electron chi connectivity index (χ2n) is 6.77. The summed E-state index contributed by atoms with van der Waals surface area (Å²) in [6.45, 7) is 4.61. The molecule has 100 valence electrons. The van der Waals surface area contributed by atoms with Gasteiger partial charge in [0.1, 0.15) is 5.60 Å². The van der Waals surface area contributed by atoms with Crippen molar-refractivity contribution in [1.29, 1.82) is 0 Å². The van der Waals surface area contributed by atoms with Crippen molar-refractivity contribution in [1.82, 2.24) is 0 Å². The predicted octanol–water partition coefficient (Wildman–Crippen LogP) is 3.15. The molecule has 0 aromatic heterocycles. The minimum Gasteiger partial charge on any atom is -0.478 e. The maximum atomic E-state index is 10.6. The highest BCUT2D eigenvalue weighted by Crippen LogP contribution is 2.71. The summed E-state index contributed by atoms with van der Waals surface area (Å²) in [5.41, 5.74) is 0.410. The van der Waals surface area contributed by atoms with Crippen LogP contribution in [0.1, 0.15) is 52.4 Å². The van der Waals surface area contributed by atoms with Crippen LogP contribution in [0, 0.1) is 11.3 Å². The van der Waals surface area contributed by atoms with Crippen molar-refractivity contribution in [3.63, 3.8) is 0 Å². The summed E-state index contributed by atoms with van der Waals surface area (Å²) in [7, 11) is 0. The van der Waals surface area contributed by atoms with Crippen LogP contribution >= 0.6 is 0 Å². The van der Waals surface area contributed by atoms with Gasteiger partial charge in [0.15, 0.2) is 0 Å². The first-order valence-electron chi connectivity index (χ1n) is 7.02. The Bertz CT molecular complexity index is 416. The van der Waals surface area contributed by atoms with Crippen molar-refractivity contribution in [3.05, 3.63) is 12.2 Å². The molecule has 1 spiro atoms. The molecule has 1 saturated heterocycles. The maximum absolute atomic E-state index is 10.6. The minimum atomic E-state index is -0.844. The van der Waals surface area contributed by atoms with Crippen molar-refractivity contribution in [2.75, 3.05) is 0 Å². The van der Waals surface area contributed by atoms with E-state index in [2.05, 4.69) is 13.8 Å². The zero-order valence-electron chi connectivity index (χ0n) is 11.2. The first-order chi connectivity index (χ1) is 8.41. The van der Waals surface area contributed by atoms with Crippen LogP contribution in [0.3, 0.4) is 0 Å². The summed E-state index contributed by atoms with van der Waals surface area (Å²) in [5.74, 6) is -0.474. The van der Waals surface area contributed by atoms with Crippen molar-refractivity contribution in [3.8, 4) is 0 Å². The van der Waals surface area contributed by atoms with Crippen molar-refractivity contribution in [2.45, 2.75) is 63.6 Å². The molecule has 4 atom stereocenters. The van der Waals surface area contributed by atoms with Crippen LogP contribution in [-0.4, -0.2) is 22.3 Å². The second-order valence-corrected chi connectivity index (χ2v) is 6.77. The third-order valence-corrected chi connectivity index (χ3v) is 5.70. The Morgan fingerprint density at radius 2 is 2.11 bits per heavy atom. The van der Waals surface area contributed by atoms with E-state index in [0.717, 1.165) is 25.7 Å². The molecular formula is C15H22O3. The molecule has 0 aromatic carbocycles. The molecule has 18 heavy (non-hydrogen) atoms. The fourth-order valence-electron chi connectivity index (χ4n) is 4.58. The monoisotopic (exact) mass is 250 g/mol. The molecule has 2 aliphatic carbocycles. The van der Waals surface area contributed by atoms with Gasteiger partial charge >= 0.3 is 5.97 Å². The fraction of sp³-hybridized carbons (Fsp3) is 0.800. The Labute approximate surface area is 108 Å². The van der Waals surface area contributed by atoms with Crippen molar-refractivity contribution in [2.24, 2.45) is 11.3 Å². The van der Waals surface area contributed by atoms with Gasteiger partial charge in [-0.3, -0.25) is 0 Å². The first kappa shape index (κ1) is 12.2. The molecule has 3 nitrogen and oxygen atoms in total. The van der Waals surface area contributed by atoms with E-state index in [0.29, 0.717) is 11.3 Å². The summed E-state index contributed by atoms with van der Waals surface area (Å²) >= 11 is 0. The standard InChI is InChI=1S/C15H22O3/c1-13-7-3-8-14(2)15(13,18-14)10-11(6-9-13)4-5-12(16)17/h4-5,11H,3,6-10H2,1-2H3,(H,16,17). The summed E-state index contributed by atoms with van der Waals surface area (Å²) in [5, 5.41) is 8.73. The molecule has 1 N–H and O–H groups in total. The third kappa shape index (κ3) is 1.49. The maximum Gasteiger partial charge on any atom is 0.327 e. The molecule has 3 aliphatic rings. The van der Waals surface area contributed by atoms with Gasteiger partial charge in [-0.1, -0.05) is 13.0 Å². The number of carboxylic acids is 1. The number of carbonyl (C=O) groups is 1. The zero-order valence-corrected chi connectivity index (χ0v) is 11.2. The van der Waals surface area contributed by atoms with Crippen LogP contribution in [0.5, 0.6) is 0 Å². The predicted molar refractivity (Wildman–Crippen MR) is 68.3 cm³/mol. The molecule has 0 amide bonds. The Hall–Kier alpha value is -0.830. The summed E-state index contributed by atoms with van der Waals surface area (Å²) in [4.78, 5) is 10.6. The van der Waals surface area contributed by atoms with Gasteiger partial charge in [-0.2, -0.15) is 0 Å². The summed E-state index contributed by atoms with van der Waals surface area (Å²) in [6, 6.07) is 0. The average molecular weight is 250 g/mol. The normalized spacial score (nSPS) is 50.7. The molecule has 0 bridgehead atoms. The number of ether oxygens (including phenoxy) is 1. The Morgan fingerprint density at radius 1 is 1.33 bits per heavy atom. The lowest BCUT2D eigenvalue weighted by molar-refractivity contribution is -0.131. The lowest BCUT2D eigenvalue weighted by Gasteiger charge is -2.46. The number of hydrogen-bond acceptors (Lipinski definition) is 2. The van der Waals surface area contributed by atoms with Gasteiger partial charge in [0.2, 0.25) is 0 Å². The fourth-order valence-corrected chi connectivity index (χ4v) is 4.58. The van der Waals surface area contributed by atoms with E-state index in [1.54, 1.807) is 0 Å². The van der Waals surface area contributed by atoms with E-state index < -0.39 is 5.97 Å². The Morgan fingerprint density at radius 3 is 2.83 bits per heavy atom. The highest BCUT2D eigenvalue weighted by atomic mass is 16.6. The second kappa shape index (κ2) is 3.60. The van der Waals surface area contributed by atoms with Gasteiger partial charge in [-0.15, -0.1) is 0 Å². The summed E-state index contributed by atoms with van der Waals surface area (Å²) < 4.78 is 6.22. The van der Waals surface area contributed by atoms with Crippen LogP contribution in [0.15, 0.2) is 12.2 Å². The number of aliphatic carboxylic acids is 1. The largest absolute Gasteiger partial charge is 0.478 e. The van der Waals surface area contributed by atoms with Gasteiger partial charge in [-0.25, -0.2) is 4.79 Å². The van der Waals surface area contributed by atoms with Crippen LogP contribution in [0.2, 0.25) is 0 Å². The van der Waals surface area contributed by atoms with Crippen LogP contribution in [-0.2, 0) is 9.53 Å². The SMILES string of the molecule is CC12CCCC3(C)OC13CC(C=CC(=O)O)CC2. The molecular weight excluding hydrogens is 228 g/mol.